The van der Waals surface area contributed by atoms with Crippen molar-refractivity contribution < 1.29 is 4.79 Å². The number of carbonyl (C=O) groups excluding carboxylic acids is 1. The fourth-order valence-corrected chi connectivity index (χ4v) is 2.61. The topological polar surface area (TPSA) is 42.0 Å². The average molecular weight is 337 g/mol. The lowest BCUT2D eigenvalue weighted by molar-refractivity contribution is -0.111. The van der Waals surface area contributed by atoms with E-state index in [0.29, 0.717) is 10.7 Å². The fraction of sp³-hybridized carbons (Fsp3) is 0.100. The molecule has 0 aliphatic rings. The van der Waals surface area contributed by atoms with Crippen LogP contribution in [0, 0.1) is 0 Å². The zero-order valence-electron chi connectivity index (χ0n) is 13.3. The minimum atomic E-state index is -0.183. The molecule has 3 aromatic rings. The van der Waals surface area contributed by atoms with Gasteiger partial charge < -0.3 is 5.32 Å². The van der Waals surface area contributed by atoms with Crippen molar-refractivity contribution in [3.63, 3.8) is 0 Å². The molecule has 0 bridgehead atoms. The van der Waals surface area contributed by atoms with E-state index in [9.17, 15) is 4.79 Å². The van der Waals surface area contributed by atoms with E-state index in [0.717, 1.165) is 22.9 Å². The number of rotatable bonds is 4. The second-order valence-electron chi connectivity index (χ2n) is 5.44. The minimum absolute atomic E-state index is 0.183. The molecule has 0 atom stereocenters. The number of halogens is 1. The Hall–Kier alpha value is -2.65. The van der Waals surface area contributed by atoms with Crippen molar-refractivity contribution in [3.05, 3.63) is 77.0 Å². The van der Waals surface area contributed by atoms with Gasteiger partial charge in [0.05, 0.1) is 11.2 Å². The van der Waals surface area contributed by atoms with Crippen LogP contribution in [-0.4, -0.2) is 10.9 Å². The van der Waals surface area contributed by atoms with Crippen LogP contribution in [0.3, 0.4) is 0 Å². The molecule has 0 aliphatic carbocycles. The summed E-state index contributed by atoms with van der Waals surface area (Å²) in [6, 6.07) is 15.3. The van der Waals surface area contributed by atoms with Gasteiger partial charge in [-0.25, -0.2) is 0 Å². The molecule has 0 fully saturated rings. The molecule has 0 unspecified atom stereocenters. The van der Waals surface area contributed by atoms with Crippen molar-refractivity contribution in [1.82, 2.24) is 4.98 Å². The van der Waals surface area contributed by atoms with Gasteiger partial charge >= 0.3 is 0 Å². The maximum Gasteiger partial charge on any atom is 0.248 e. The number of fused-ring (bicyclic) bond motifs is 1. The quantitative estimate of drug-likeness (QED) is 0.673. The maximum atomic E-state index is 12.2. The van der Waals surface area contributed by atoms with Gasteiger partial charge in [-0.15, -0.1) is 0 Å². The number of aromatic nitrogens is 1. The van der Waals surface area contributed by atoms with Crippen LogP contribution in [0.4, 0.5) is 5.69 Å². The van der Waals surface area contributed by atoms with Crippen molar-refractivity contribution in [3.8, 4) is 0 Å². The van der Waals surface area contributed by atoms with Crippen LogP contribution in [0.15, 0.2) is 60.8 Å². The van der Waals surface area contributed by atoms with Crippen LogP contribution in [0.2, 0.25) is 5.02 Å². The van der Waals surface area contributed by atoms with Gasteiger partial charge in [-0.1, -0.05) is 42.8 Å². The predicted molar refractivity (Wildman–Crippen MR) is 100 cm³/mol. The van der Waals surface area contributed by atoms with Crippen molar-refractivity contribution in [1.29, 1.82) is 0 Å². The summed E-state index contributed by atoms with van der Waals surface area (Å²) in [5.74, 6) is -0.183. The van der Waals surface area contributed by atoms with E-state index >= 15 is 0 Å². The molecule has 1 amide bonds. The van der Waals surface area contributed by atoms with E-state index < -0.39 is 0 Å². The number of hydrogen-bond acceptors (Lipinski definition) is 2. The third-order valence-corrected chi connectivity index (χ3v) is 4.01. The van der Waals surface area contributed by atoms with Gasteiger partial charge in [-0.05, 0) is 47.9 Å². The molecule has 4 heteroatoms. The molecule has 1 aromatic heterocycles. The lowest BCUT2D eigenvalue weighted by Crippen LogP contribution is -2.08. The van der Waals surface area contributed by atoms with E-state index in [1.165, 1.54) is 11.6 Å². The van der Waals surface area contributed by atoms with E-state index in [-0.39, 0.29) is 5.91 Å². The zero-order valence-corrected chi connectivity index (χ0v) is 14.0. The summed E-state index contributed by atoms with van der Waals surface area (Å²) in [5, 5.41) is 4.37. The largest absolute Gasteiger partial charge is 0.322 e. The monoisotopic (exact) mass is 336 g/mol. The van der Waals surface area contributed by atoms with Crippen molar-refractivity contribution in [2.45, 2.75) is 13.3 Å². The number of amides is 1. The average Bonchev–Trinajstić information content (AvgIpc) is 2.60. The summed E-state index contributed by atoms with van der Waals surface area (Å²) >= 11 is 5.98. The number of anilines is 1. The van der Waals surface area contributed by atoms with Crippen molar-refractivity contribution in [2.75, 3.05) is 5.32 Å². The molecule has 24 heavy (non-hydrogen) atoms. The Morgan fingerprint density at radius 1 is 1.17 bits per heavy atom. The Kier molecular flexibility index (Phi) is 4.92. The van der Waals surface area contributed by atoms with E-state index in [4.69, 9.17) is 11.6 Å². The summed E-state index contributed by atoms with van der Waals surface area (Å²) in [5.41, 5.74) is 3.74. The lowest BCUT2D eigenvalue weighted by Gasteiger charge is -2.06. The van der Waals surface area contributed by atoms with E-state index in [2.05, 4.69) is 29.4 Å². The summed E-state index contributed by atoms with van der Waals surface area (Å²) in [7, 11) is 0. The van der Waals surface area contributed by atoms with E-state index in [1.54, 1.807) is 30.5 Å². The highest BCUT2D eigenvalue weighted by molar-refractivity contribution is 6.31. The Morgan fingerprint density at radius 2 is 1.96 bits per heavy atom. The molecular weight excluding hydrogens is 320 g/mol. The first-order chi connectivity index (χ1) is 11.7. The Morgan fingerprint density at radius 3 is 2.71 bits per heavy atom. The molecule has 120 valence electrons. The molecule has 0 saturated carbocycles. The standard InChI is InChI=1S/C20H17ClN2O/c1-2-14-3-5-15(6-4-14)7-10-20(24)23-18-11-12-22-19-13-16(21)8-9-17(18)19/h3-13H,2H2,1H3,(H,22,23,24)/b10-7+. The maximum absolute atomic E-state index is 12.2. The molecule has 0 spiro atoms. The van der Waals surface area contributed by atoms with Crippen LogP contribution in [0.1, 0.15) is 18.1 Å². The SMILES string of the molecule is CCc1ccc(/C=C/C(=O)Nc2ccnc3cc(Cl)ccc23)cc1. The normalized spacial score (nSPS) is 11.1. The number of nitrogens with zero attached hydrogens (tertiary/aromatic N) is 1. The van der Waals surface area contributed by atoms with Crippen LogP contribution in [-0.2, 0) is 11.2 Å². The number of carbonyl (C=O) groups is 1. The van der Waals surface area contributed by atoms with Crippen molar-refractivity contribution in [2.24, 2.45) is 0 Å². The highest BCUT2D eigenvalue weighted by Crippen LogP contribution is 2.24. The van der Waals surface area contributed by atoms with Gasteiger partial charge in [-0.3, -0.25) is 9.78 Å². The van der Waals surface area contributed by atoms with Gasteiger partial charge in [0.25, 0.3) is 0 Å². The first kappa shape index (κ1) is 16.2. The second-order valence-corrected chi connectivity index (χ2v) is 5.87. The van der Waals surface area contributed by atoms with Gasteiger partial charge in [0.1, 0.15) is 0 Å². The van der Waals surface area contributed by atoms with Gasteiger partial charge in [0.15, 0.2) is 0 Å². The lowest BCUT2D eigenvalue weighted by atomic mass is 10.1. The molecule has 0 aliphatic heterocycles. The van der Waals surface area contributed by atoms with Crippen molar-refractivity contribution >= 4 is 40.2 Å². The molecule has 0 radical (unpaired) electrons. The first-order valence-corrected chi connectivity index (χ1v) is 8.16. The molecule has 3 nitrogen and oxygen atoms in total. The first-order valence-electron chi connectivity index (χ1n) is 7.78. The minimum Gasteiger partial charge on any atom is -0.322 e. The van der Waals surface area contributed by atoms with E-state index in [1.807, 2.05) is 18.2 Å². The fourth-order valence-electron chi connectivity index (χ4n) is 2.44. The highest BCUT2D eigenvalue weighted by atomic mass is 35.5. The summed E-state index contributed by atoms with van der Waals surface area (Å²) < 4.78 is 0. The smallest absolute Gasteiger partial charge is 0.248 e. The van der Waals surface area contributed by atoms with Crippen LogP contribution in [0.25, 0.3) is 17.0 Å². The molecule has 2 aromatic carbocycles. The number of pyridine rings is 1. The summed E-state index contributed by atoms with van der Waals surface area (Å²) in [6.45, 7) is 2.12. The third-order valence-electron chi connectivity index (χ3n) is 3.78. The number of benzene rings is 2. The molecule has 1 N–H and O–H groups in total. The van der Waals surface area contributed by atoms with Crippen LogP contribution >= 0.6 is 11.6 Å². The van der Waals surface area contributed by atoms with Gasteiger partial charge in [0.2, 0.25) is 5.91 Å². The molecule has 3 rings (SSSR count). The number of aryl methyl sites for hydroxylation is 1. The van der Waals surface area contributed by atoms with Crippen LogP contribution < -0.4 is 5.32 Å². The summed E-state index contributed by atoms with van der Waals surface area (Å²) in [4.78, 5) is 16.4. The molecular formula is C20H17ClN2O. The molecule has 1 heterocycles. The predicted octanol–water partition coefficient (Wildman–Crippen LogP) is 5.10. The van der Waals surface area contributed by atoms with Crippen LogP contribution in [0.5, 0.6) is 0 Å². The Labute approximate surface area is 146 Å². The number of nitrogens with one attached hydrogen (secondary N) is 1. The summed E-state index contributed by atoms with van der Waals surface area (Å²) in [6.07, 6.45) is 5.99. The van der Waals surface area contributed by atoms with Gasteiger partial charge in [0, 0.05) is 22.7 Å². The zero-order chi connectivity index (χ0) is 16.9. The number of hydrogen-bond donors (Lipinski definition) is 1. The Bertz CT molecular complexity index is 901. The Balaban J connectivity index is 1.76. The second kappa shape index (κ2) is 7.28. The third kappa shape index (κ3) is 3.81. The highest BCUT2D eigenvalue weighted by Gasteiger charge is 2.05. The molecule has 0 saturated heterocycles. The van der Waals surface area contributed by atoms with Gasteiger partial charge in [-0.2, -0.15) is 0 Å².